The van der Waals surface area contributed by atoms with Crippen molar-refractivity contribution in [3.05, 3.63) is 29.8 Å². The summed E-state index contributed by atoms with van der Waals surface area (Å²) >= 11 is 0. The summed E-state index contributed by atoms with van der Waals surface area (Å²) in [6, 6.07) is 1.60. The quantitative estimate of drug-likeness (QED) is 0.303. The molecule has 8 saturated heterocycles. The first kappa shape index (κ1) is 35.9. The summed E-state index contributed by atoms with van der Waals surface area (Å²) in [6.45, 7) is 13.0. The topological polar surface area (TPSA) is 116 Å². The molecular formula is C40H57FN2O9. The van der Waals surface area contributed by atoms with Crippen LogP contribution in [0.3, 0.4) is 0 Å². The minimum Gasteiger partial charge on any atom is -0.352 e. The summed E-state index contributed by atoms with van der Waals surface area (Å²) in [5.74, 6) is -0.980. The highest BCUT2D eigenvalue weighted by atomic mass is 19.1. The summed E-state index contributed by atoms with van der Waals surface area (Å²) < 4.78 is 41.9. The van der Waals surface area contributed by atoms with Crippen LogP contribution in [-0.2, 0) is 49.8 Å². The van der Waals surface area contributed by atoms with Crippen LogP contribution in [0, 0.1) is 59.1 Å². The predicted octanol–water partition coefficient (Wildman–Crippen LogP) is 6.73. The number of pyridine rings is 1. The number of nitrogens with one attached hydrogen (secondary N) is 1. The Balaban J connectivity index is 1.01. The third-order valence-corrected chi connectivity index (χ3v) is 15.3. The molecule has 0 radical (unpaired) electrons. The lowest BCUT2D eigenvalue weighted by Gasteiger charge is -2.61. The minimum absolute atomic E-state index is 0.0625. The SMILES string of the molecule is C[C@H]1[C@@H](CC(C[C@H]2O[C@@H]3O[C@]4(C)CC[C@H]5[C@H](C)CC[C@@H]([C@H]2C)[C@@]35OO4)C(=O)NCc2ccncc2F)O[C@@H]2O[C@]3(C)CC[C@H]4[C@H](C)CC[C@@H]1[C@@]24OO3. The van der Waals surface area contributed by atoms with Gasteiger partial charge in [0.1, 0.15) is 5.82 Å². The lowest BCUT2D eigenvalue weighted by Crippen LogP contribution is -2.70. The van der Waals surface area contributed by atoms with E-state index in [0.29, 0.717) is 30.2 Å². The molecule has 11 nitrogen and oxygen atoms in total. The van der Waals surface area contributed by atoms with Crippen molar-refractivity contribution >= 4 is 5.91 Å². The Morgan fingerprint density at radius 3 is 1.81 bits per heavy atom. The van der Waals surface area contributed by atoms with E-state index < -0.39 is 47.1 Å². The van der Waals surface area contributed by atoms with Gasteiger partial charge in [-0.25, -0.2) is 23.9 Å². The average Bonchev–Trinajstić information content (AvgIpc) is 3.49. The standard InChI is InChI=1S/C40H57FN2O9/c1-21-7-9-29-23(3)32(45-35-39(29)27(21)11-14-37(5,47-35)49-51-39)17-26(34(44)43-19-25-13-16-42-20-31(25)41)18-33-24(4)30-10-8-22(2)28-12-15-38(6)48-36(46-33)40(28,30)52-50-38/h13,16,20-24,26-30,32-33,35-36H,7-12,14-15,17-19H2,1-6H3,(H,43,44)/t21-,22-,23-,24-,27+,28+,29+,30+,32-,33-,35-,36-,37+,38+,39-,40-/m1/s1. The van der Waals surface area contributed by atoms with Crippen LogP contribution in [0.5, 0.6) is 0 Å². The molecule has 0 unspecified atom stereocenters. The average molecular weight is 729 g/mol. The number of carbonyl (C=O) groups excluding carboxylic acids is 1. The molecule has 2 spiro atoms. The van der Waals surface area contributed by atoms with Gasteiger partial charge in [0.15, 0.2) is 23.8 Å². The van der Waals surface area contributed by atoms with Crippen LogP contribution in [0.15, 0.2) is 18.5 Å². The van der Waals surface area contributed by atoms with Crippen LogP contribution < -0.4 is 5.32 Å². The first-order chi connectivity index (χ1) is 24.9. The van der Waals surface area contributed by atoms with Crippen LogP contribution in [0.1, 0.15) is 111 Å². The molecule has 2 aliphatic carbocycles. The smallest absolute Gasteiger partial charge is 0.223 e. The summed E-state index contributed by atoms with van der Waals surface area (Å²) in [5.41, 5.74) is -0.973. The fourth-order valence-electron chi connectivity index (χ4n) is 12.2. The number of carbonyl (C=O) groups is 1. The van der Waals surface area contributed by atoms with Crippen molar-refractivity contribution in [3.63, 3.8) is 0 Å². The molecule has 52 heavy (non-hydrogen) atoms. The Bertz CT molecular complexity index is 1460. The highest BCUT2D eigenvalue weighted by Gasteiger charge is 2.71. The zero-order valence-electron chi connectivity index (χ0n) is 31.5. The molecule has 10 fully saturated rings. The van der Waals surface area contributed by atoms with E-state index in [0.717, 1.165) is 51.4 Å². The van der Waals surface area contributed by atoms with E-state index in [2.05, 4.69) is 38.0 Å². The second-order valence-corrected chi connectivity index (χ2v) is 18.2. The molecule has 1 aromatic rings. The van der Waals surface area contributed by atoms with E-state index in [1.165, 1.54) is 6.20 Å². The van der Waals surface area contributed by atoms with Crippen molar-refractivity contribution in [3.8, 4) is 0 Å². The minimum atomic E-state index is -0.884. The summed E-state index contributed by atoms with van der Waals surface area (Å²) in [4.78, 5) is 43.2. The van der Waals surface area contributed by atoms with Crippen LogP contribution in [0.4, 0.5) is 4.39 Å². The second-order valence-electron chi connectivity index (χ2n) is 18.2. The molecule has 10 aliphatic rings. The van der Waals surface area contributed by atoms with Gasteiger partial charge in [0.2, 0.25) is 17.5 Å². The summed E-state index contributed by atoms with van der Waals surface area (Å²) in [7, 11) is 0. The van der Waals surface area contributed by atoms with Crippen LogP contribution in [0.25, 0.3) is 0 Å². The molecule has 16 atom stereocenters. The van der Waals surface area contributed by atoms with Gasteiger partial charge >= 0.3 is 0 Å². The number of halogens is 1. The van der Waals surface area contributed by atoms with Crippen LogP contribution >= 0.6 is 0 Å². The van der Waals surface area contributed by atoms with Crippen molar-refractivity contribution in [1.29, 1.82) is 0 Å². The van der Waals surface area contributed by atoms with Gasteiger partial charge in [-0.05, 0) is 107 Å². The number of amides is 1. The van der Waals surface area contributed by atoms with E-state index in [-0.39, 0.29) is 60.2 Å². The zero-order chi connectivity index (χ0) is 36.2. The van der Waals surface area contributed by atoms with Crippen molar-refractivity contribution in [2.75, 3.05) is 0 Å². The molecule has 1 amide bonds. The lowest BCUT2D eigenvalue weighted by molar-refractivity contribution is -0.571. The molecule has 0 aromatic carbocycles. The highest BCUT2D eigenvalue weighted by Crippen LogP contribution is 2.63. The molecule has 12 heteroatoms. The van der Waals surface area contributed by atoms with Crippen molar-refractivity contribution in [2.24, 2.45) is 53.3 Å². The number of aromatic nitrogens is 1. The van der Waals surface area contributed by atoms with Gasteiger partial charge in [-0.15, -0.1) is 0 Å². The van der Waals surface area contributed by atoms with E-state index in [4.69, 9.17) is 38.5 Å². The summed E-state index contributed by atoms with van der Waals surface area (Å²) in [6.07, 6.45) is 9.43. The Hall–Kier alpha value is -1.77. The van der Waals surface area contributed by atoms with E-state index in [1.54, 1.807) is 12.3 Å². The molecule has 1 N–H and O–H groups in total. The molecule has 288 valence electrons. The van der Waals surface area contributed by atoms with Crippen molar-refractivity contribution < 1.29 is 47.7 Å². The van der Waals surface area contributed by atoms with Crippen LogP contribution in [0.2, 0.25) is 0 Å². The number of fused-ring (bicyclic) bond motifs is 4. The number of nitrogens with zero attached hydrogens (tertiary/aromatic N) is 1. The second kappa shape index (κ2) is 12.9. The lowest BCUT2D eigenvalue weighted by atomic mass is 9.56. The number of hydrogen-bond donors (Lipinski definition) is 1. The Labute approximate surface area is 306 Å². The fraction of sp³-hybridized carbons (Fsp3) is 0.850. The van der Waals surface area contributed by atoms with Gasteiger partial charge in [0, 0.05) is 48.9 Å². The molecule has 4 bridgehead atoms. The monoisotopic (exact) mass is 728 g/mol. The van der Waals surface area contributed by atoms with Crippen LogP contribution in [-0.4, -0.2) is 58.5 Å². The number of rotatable bonds is 7. The van der Waals surface area contributed by atoms with Gasteiger partial charge in [0.05, 0.1) is 18.4 Å². The zero-order valence-corrected chi connectivity index (χ0v) is 31.5. The molecule has 2 saturated carbocycles. The number of hydrogen-bond acceptors (Lipinski definition) is 10. The largest absolute Gasteiger partial charge is 0.352 e. The van der Waals surface area contributed by atoms with Gasteiger partial charge in [0.25, 0.3) is 0 Å². The molecule has 1 aromatic heterocycles. The Morgan fingerprint density at radius 2 is 1.31 bits per heavy atom. The molecule has 11 rings (SSSR count). The third kappa shape index (κ3) is 5.47. The summed E-state index contributed by atoms with van der Waals surface area (Å²) in [5, 5.41) is 3.07. The maximum Gasteiger partial charge on any atom is 0.223 e. The first-order valence-corrected chi connectivity index (χ1v) is 20.1. The maximum atomic E-state index is 14.6. The van der Waals surface area contributed by atoms with Crippen molar-refractivity contribution in [1.82, 2.24) is 10.3 Å². The normalized spacial score (nSPS) is 51.1. The van der Waals surface area contributed by atoms with Gasteiger partial charge in [-0.1, -0.05) is 27.7 Å². The predicted molar refractivity (Wildman–Crippen MR) is 182 cm³/mol. The molecular weight excluding hydrogens is 671 g/mol. The molecule has 9 heterocycles. The van der Waals surface area contributed by atoms with E-state index >= 15 is 0 Å². The van der Waals surface area contributed by atoms with E-state index in [1.807, 2.05) is 13.8 Å². The fourth-order valence-corrected chi connectivity index (χ4v) is 12.2. The number of ether oxygens (including phenoxy) is 4. The highest BCUT2D eigenvalue weighted by molar-refractivity contribution is 5.78. The van der Waals surface area contributed by atoms with E-state index in [9.17, 15) is 9.18 Å². The first-order valence-electron chi connectivity index (χ1n) is 20.1. The third-order valence-electron chi connectivity index (χ3n) is 15.3. The van der Waals surface area contributed by atoms with Crippen molar-refractivity contribution in [2.45, 2.75) is 160 Å². The Morgan fingerprint density at radius 1 is 0.788 bits per heavy atom. The van der Waals surface area contributed by atoms with Gasteiger partial charge in [-0.3, -0.25) is 9.78 Å². The maximum absolute atomic E-state index is 14.6. The van der Waals surface area contributed by atoms with Gasteiger partial charge in [-0.2, -0.15) is 0 Å². The van der Waals surface area contributed by atoms with Gasteiger partial charge < -0.3 is 24.3 Å². The molecule has 8 aliphatic heterocycles. The Kier molecular flexibility index (Phi) is 8.90.